The summed E-state index contributed by atoms with van der Waals surface area (Å²) >= 11 is 0. The van der Waals surface area contributed by atoms with Crippen LogP contribution in [0.4, 0.5) is 0 Å². The predicted octanol–water partition coefficient (Wildman–Crippen LogP) is 3.10. The molecule has 102 valence electrons. The molecule has 19 heavy (non-hydrogen) atoms. The topological polar surface area (TPSA) is 47.3 Å². The minimum Gasteiger partial charge on any atom is -0.497 e. The molecule has 0 fully saturated rings. The molecule has 0 unspecified atom stereocenters. The lowest BCUT2D eigenvalue weighted by molar-refractivity contribution is 0.415. The van der Waals surface area contributed by atoms with Crippen molar-refractivity contribution in [3.63, 3.8) is 0 Å². The Morgan fingerprint density at radius 1 is 1.37 bits per heavy atom. The molecule has 0 radical (unpaired) electrons. The van der Waals surface area contributed by atoms with Crippen LogP contribution in [-0.4, -0.2) is 18.6 Å². The van der Waals surface area contributed by atoms with Crippen molar-refractivity contribution in [3.8, 4) is 17.1 Å². The van der Waals surface area contributed by atoms with E-state index in [1.54, 1.807) is 7.11 Å². The molecule has 0 spiro atoms. The lowest BCUT2D eigenvalue weighted by atomic mass is 10.1. The zero-order valence-corrected chi connectivity index (χ0v) is 11.6. The molecular weight excluding hydrogens is 240 g/mol. The van der Waals surface area contributed by atoms with E-state index < -0.39 is 0 Å². The average molecular weight is 260 g/mol. The van der Waals surface area contributed by atoms with E-state index in [2.05, 4.69) is 24.1 Å². The van der Waals surface area contributed by atoms with Gasteiger partial charge < -0.3 is 14.5 Å². The monoisotopic (exact) mass is 260 g/mol. The number of nitrogens with one attached hydrogen (secondary N) is 1. The van der Waals surface area contributed by atoms with Crippen molar-refractivity contribution in [1.29, 1.82) is 0 Å². The van der Waals surface area contributed by atoms with Gasteiger partial charge in [-0.15, -0.1) is 0 Å². The van der Waals surface area contributed by atoms with Crippen LogP contribution in [0.2, 0.25) is 0 Å². The largest absolute Gasteiger partial charge is 0.497 e. The van der Waals surface area contributed by atoms with E-state index >= 15 is 0 Å². The first-order valence-electron chi connectivity index (χ1n) is 6.48. The number of aromatic nitrogens is 1. The van der Waals surface area contributed by atoms with Crippen LogP contribution in [0.1, 0.15) is 19.5 Å². The van der Waals surface area contributed by atoms with E-state index in [0.29, 0.717) is 12.5 Å². The average Bonchev–Trinajstić information content (AvgIpc) is 2.87. The van der Waals surface area contributed by atoms with Crippen LogP contribution in [0.5, 0.6) is 5.75 Å². The standard InChI is InChI=1S/C15H20N2O2/c1-11(2)8-16-9-14-15(19-10-17-14)12-5-4-6-13(7-12)18-3/h4-7,10-11,16H,8-9H2,1-3H3. The fourth-order valence-corrected chi connectivity index (χ4v) is 1.87. The van der Waals surface area contributed by atoms with Crippen LogP contribution in [0.15, 0.2) is 35.1 Å². The number of oxazole rings is 1. The Bertz CT molecular complexity index is 520. The number of methoxy groups -OCH3 is 1. The third kappa shape index (κ3) is 3.58. The molecule has 0 atom stereocenters. The number of benzene rings is 1. The van der Waals surface area contributed by atoms with E-state index in [-0.39, 0.29) is 0 Å². The van der Waals surface area contributed by atoms with Gasteiger partial charge in [0.15, 0.2) is 12.2 Å². The van der Waals surface area contributed by atoms with Gasteiger partial charge in [-0.05, 0) is 24.6 Å². The number of hydrogen-bond acceptors (Lipinski definition) is 4. The summed E-state index contributed by atoms with van der Waals surface area (Å²) in [5.74, 6) is 2.23. The summed E-state index contributed by atoms with van der Waals surface area (Å²) in [5.41, 5.74) is 1.91. The van der Waals surface area contributed by atoms with Gasteiger partial charge in [-0.1, -0.05) is 26.0 Å². The van der Waals surface area contributed by atoms with Gasteiger partial charge in [0.25, 0.3) is 0 Å². The molecule has 0 aliphatic rings. The Morgan fingerprint density at radius 2 is 2.21 bits per heavy atom. The molecule has 2 rings (SSSR count). The van der Waals surface area contributed by atoms with Gasteiger partial charge in [0.05, 0.1) is 7.11 Å². The molecule has 1 aromatic heterocycles. The van der Waals surface area contributed by atoms with Crippen molar-refractivity contribution in [2.45, 2.75) is 20.4 Å². The summed E-state index contributed by atoms with van der Waals surface area (Å²) in [6.45, 7) is 6.03. The molecule has 0 bridgehead atoms. The summed E-state index contributed by atoms with van der Waals surface area (Å²) in [6.07, 6.45) is 1.49. The molecule has 4 nitrogen and oxygen atoms in total. The molecule has 0 aliphatic heterocycles. The van der Waals surface area contributed by atoms with Crippen LogP contribution in [0.3, 0.4) is 0 Å². The molecule has 1 heterocycles. The Labute approximate surface area is 113 Å². The third-order valence-corrected chi connectivity index (χ3v) is 2.82. The van der Waals surface area contributed by atoms with Crippen molar-refractivity contribution in [1.82, 2.24) is 10.3 Å². The zero-order valence-electron chi connectivity index (χ0n) is 11.6. The first kappa shape index (κ1) is 13.6. The van der Waals surface area contributed by atoms with Crippen LogP contribution < -0.4 is 10.1 Å². The predicted molar refractivity (Wildman–Crippen MR) is 75.0 cm³/mol. The van der Waals surface area contributed by atoms with Gasteiger partial charge in [0.2, 0.25) is 0 Å². The summed E-state index contributed by atoms with van der Waals surface area (Å²) in [5, 5.41) is 3.37. The second-order valence-electron chi connectivity index (χ2n) is 4.88. The quantitative estimate of drug-likeness (QED) is 0.867. The normalized spacial score (nSPS) is 10.9. The van der Waals surface area contributed by atoms with Crippen LogP contribution >= 0.6 is 0 Å². The van der Waals surface area contributed by atoms with Gasteiger partial charge in [-0.3, -0.25) is 0 Å². The fourth-order valence-electron chi connectivity index (χ4n) is 1.87. The molecule has 2 aromatic rings. The van der Waals surface area contributed by atoms with E-state index in [0.717, 1.165) is 29.3 Å². The zero-order chi connectivity index (χ0) is 13.7. The number of hydrogen-bond donors (Lipinski definition) is 1. The molecule has 0 aliphatic carbocycles. The van der Waals surface area contributed by atoms with Gasteiger partial charge in [0, 0.05) is 12.1 Å². The van der Waals surface area contributed by atoms with Crippen LogP contribution in [0, 0.1) is 5.92 Å². The van der Waals surface area contributed by atoms with Crippen molar-refractivity contribution in [2.24, 2.45) is 5.92 Å². The first-order chi connectivity index (χ1) is 9.20. The van der Waals surface area contributed by atoms with Crippen LogP contribution in [0.25, 0.3) is 11.3 Å². The van der Waals surface area contributed by atoms with Gasteiger partial charge >= 0.3 is 0 Å². The highest BCUT2D eigenvalue weighted by molar-refractivity contribution is 5.61. The SMILES string of the molecule is COc1cccc(-c2ocnc2CNCC(C)C)c1. The lowest BCUT2D eigenvalue weighted by Gasteiger charge is -2.07. The molecule has 1 aromatic carbocycles. The second-order valence-corrected chi connectivity index (χ2v) is 4.88. The van der Waals surface area contributed by atoms with Crippen molar-refractivity contribution in [3.05, 3.63) is 36.4 Å². The molecule has 0 saturated heterocycles. The van der Waals surface area contributed by atoms with Gasteiger partial charge in [-0.25, -0.2) is 4.98 Å². The highest BCUT2D eigenvalue weighted by Gasteiger charge is 2.11. The van der Waals surface area contributed by atoms with E-state index in [1.165, 1.54) is 6.39 Å². The number of nitrogens with zero attached hydrogens (tertiary/aromatic N) is 1. The summed E-state index contributed by atoms with van der Waals surface area (Å²) in [6, 6.07) is 7.81. The highest BCUT2D eigenvalue weighted by Crippen LogP contribution is 2.26. The maximum absolute atomic E-state index is 5.50. The van der Waals surface area contributed by atoms with Gasteiger partial charge in [-0.2, -0.15) is 0 Å². The van der Waals surface area contributed by atoms with Crippen molar-refractivity contribution < 1.29 is 9.15 Å². The Morgan fingerprint density at radius 3 is 2.95 bits per heavy atom. The number of ether oxygens (including phenoxy) is 1. The van der Waals surface area contributed by atoms with Crippen molar-refractivity contribution in [2.75, 3.05) is 13.7 Å². The smallest absolute Gasteiger partial charge is 0.181 e. The minimum atomic E-state index is 0.618. The lowest BCUT2D eigenvalue weighted by Crippen LogP contribution is -2.19. The minimum absolute atomic E-state index is 0.618. The Hall–Kier alpha value is -1.81. The molecular formula is C15H20N2O2. The summed E-state index contributed by atoms with van der Waals surface area (Å²) < 4.78 is 10.7. The maximum atomic E-state index is 5.50. The molecule has 0 amide bonds. The van der Waals surface area contributed by atoms with E-state index in [1.807, 2.05) is 24.3 Å². The van der Waals surface area contributed by atoms with Crippen LogP contribution in [-0.2, 0) is 6.54 Å². The first-order valence-corrected chi connectivity index (χ1v) is 6.48. The summed E-state index contributed by atoms with van der Waals surface area (Å²) in [4.78, 5) is 4.27. The molecule has 0 saturated carbocycles. The van der Waals surface area contributed by atoms with E-state index in [4.69, 9.17) is 9.15 Å². The summed E-state index contributed by atoms with van der Waals surface area (Å²) in [7, 11) is 1.66. The maximum Gasteiger partial charge on any atom is 0.181 e. The van der Waals surface area contributed by atoms with E-state index in [9.17, 15) is 0 Å². The van der Waals surface area contributed by atoms with Gasteiger partial charge in [0.1, 0.15) is 11.4 Å². The fraction of sp³-hybridized carbons (Fsp3) is 0.400. The van der Waals surface area contributed by atoms with Crippen molar-refractivity contribution >= 4 is 0 Å². The second kappa shape index (κ2) is 6.38. The molecule has 4 heteroatoms. The Balaban J connectivity index is 2.14. The number of rotatable bonds is 6. The Kier molecular flexibility index (Phi) is 4.58. The molecule has 1 N–H and O–H groups in total. The third-order valence-electron chi connectivity index (χ3n) is 2.82. The highest BCUT2D eigenvalue weighted by atomic mass is 16.5.